The minimum absolute atomic E-state index is 0.0595. The van der Waals surface area contributed by atoms with Crippen LogP contribution < -0.4 is 0 Å². The molecule has 70 valence electrons. The zero-order valence-electron chi connectivity index (χ0n) is 7.10. The van der Waals surface area contributed by atoms with E-state index in [0.29, 0.717) is 4.90 Å². The van der Waals surface area contributed by atoms with E-state index in [1.54, 1.807) is 6.07 Å². The molecule has 0 amide bonds. The lowest BCUT2D eigenvalue weighted by Gasteiger charge is -2.00. The second kappa shape index (κ2) is 3.18. The first-order chi connectivity index (χ1) is 5.91. The minimum atomic E-state index is -2.36. The molecule has 0 heterocycles. The normalized spacial score (nSPS) is 14.8. The van der Waals surface area contributed by atoms with Gasteiger partial charge < -0.3 is 0 Å². The Balaban J connectivity index is 3.29. The molecule has 0 N–H and O–H groups in total. The molecule has 0 aromatic heterocycles. The van der Waals surface area contributed by atoms with Crippen LogP contribution >= 0.6 is 0 Å². The summed E-state index contributed by atoms with van der Waals surface area (Å²) in [6.07, 6.45) is 1.45. The van der Waals surface area contributed by atoms with E-state index in [4.69, 9.17) is 0 Å². The van der Waals surface area contributed by atoms with Gasteiger partial charge in [0.25, 0.3) is 5.69 Å². The minimum Gasteiger partial charge on any atom is -0.263 e. The Morgan fingerprint density at radius 2 is 2.15 bits per heavy atom. The predicted octanol–water partition coefficient (Wildman–Crippen LogP) is 1.30. The van der Waals surface area contributed by atoms with Crippen molar-refractivity contribution in [3.8, 4) is 0 Å². The van der Waals surface area contributed by atoms with Crippen molar-refractivity contribution in [3.05, 3.63) is 34.4 Å². The summed E-state index contributed by atoms with van der Waals surface area (Å²) >= 11 is 0. The monoisotopic (exact) mass is 199 g/mol. The number of hydrogen-bond donors (Lipinski definition) is 0. The van der Waals surface area contributed by atoms with Crippen molar-refractivity contribution >= 4 is 21.1 Å². The summed E-state index contributed by atoms with van der Waals surface area (Å²) in [5.74, 6) is 3.45. The summed E-state index contributed by atoms with van der Waals surface area (Å²) < 4.78 is 11.4. The average molecular weight is 199 g/mol. The lowest BCUT2D eigenvalue weighted by atomic mass is 10.3. The van der Waals surface area contributed by atoms with E-state index in [0.717, 1.165) is 0 Å². The van der Waals surface area contributed by atoms with Gasteiger partial charge in [0, 0.05) is 23.3 Å². The topological polar surface area (TPSA) is 60.2 Å². The summed E-state index contributed by atoms with van der Waals surface area (Å²) in [5, 5.41) is 10.4. The first-order valence-corrected chi connectivity index (χ1v) is 5.61. The van der Waals surface area contributed by atoms with Gasteiger partial charge in [0.2, 0.25) is 0 Å². The lowest BCUT2D eigenvalue weighted by molar-refractivity contribution is -0.385. The second-order valence-corrected chi connectivity index (χ2v) is 5.24. The molecule has 0 aliphatic heterocycles. The third-order valence-corrected chi connectivity index (χ3v) is 2.78. The standard InChI is InChI=1S/C8H9NO3S/c1-13(2,12)8-5-3-4-7(6-8)9(10)11/h3-6H,1H2,2H3. The fourth-order valence-electron chi connectivity index (χ4n) is 0.866. The maximum Gasteiger partial charge on any atom is 0.270 e. The highest BCUT2D eigenvalue weighted by molar-refractivity contribution is 7.99. The zero-order chi connectivity index (χ0) is 10.1. The van der Waals surface area contributed by atoms with Crippen LogP contribution in [0.4, 0.5) is 5.69 Å². The van der Waals surface area contributed by atoms with Crippen LogP contribution in [0, 0.1) is 10.1 Å². The molecule has 0 saturated carbocycles. The third-order valence-electron chi connectivity index (χ3n) is 1.53. The van der Waals surface area contributed by atoms with Gasteiger partial charge in [-0.25, -0.2) is 0 Å². The van der Waals surface area contributed by atoms with Crippen LogP contribution in [-0.2, 0) is 9.52 Å². The maximum absolute atomic E-state index is 11.4. The van der Waals surface area contributed by atoms with Gasteiger partial charge in [-0.05, 0) is 21.5 Å². The van der Waals surface area contributed by atoms with Gasteiger partial charge in [0.15, 0.2) is 0 Å². The Morgan fingerprint density at radius 1 is 1.54 bits per heavy atom. The maximum atomic E-state index is 11.4. The summed E-state index contributed by atoms with van der Waals surface area (Å²) in [4.78, 5) is 10.3. The molecule has 0 spiro atoms. The van der Waals surface area contributed by atoms with Crippen molar-refractivity contribution in [2.45, 2.75) is 4.90 Å². The SMILES string of the molecule is C=S(C)(=O)c1cccc([N+](=O)[O-])c1. The molecule has 1 aromatic rings. The van der Waals surface area contributed by atoms with E-state index in [1.165, 1.54) is 24.5 Å². The van der Waals surface area contributed by atoms with E-state index >= 15 is 0 Å². The quantitative estimate of drug-likeness (QED) is 0.410. The van der Waals surface area contributed by atoms with Crippen LogP contribution in [0.5, 0.6) is 0 Å². The molecule has 1 rings (SSSR count). The molecule has 1 unspecified atom stereocenters. The summed E-state index contributed by atoms with van der Waals surface area (Å²) in [7, 11) is -2.36. The number of non-ortho nitro benzene ring substituents is 1. The molecular formula is C8H9NO3S. The molecule has 0 fully saturated rings. The van der Waals surface area contributed by atoms with Crippen LogP contribution in [0.1, 0.15) is 0 Å². The van der Waals surface area contributed by atoms with Crippen LogP contribution in [0.15, 0.2) is 29.2 Å². The number of benzene rings is 1. The van der Waals surface area contributed by atoms with E-state index in [2.05, 4.69) is 5.87 Å². The fourth-order valence-corrected chi connectivity index (χ4v) is 1.60. The predicted molar refractivity (Wildman–Crippen MR) is 52.5 cm³/mol. The third kappa shape index (κ3) is 2.29. The van der Waals surface area contributed by atoms with Crippen LogP contribution in [0.25, 0.3) is 0 Å². The molecule has 5 heteroatoms. The number of rotatable bonds is 2. The highest BCUT2D eigenvalue weighted by Gasteiger charge is 2.08. The van der Waals surface area contributed by atoms with Crippen molar-refractivity contribution in [3.63, 3.8) is 0 Å². The van der Waals surface area contributed by atoms with Gasteiger partial charge in [-0.15, -0.1) is 0 Å². The number of nitrogens with zero attached hydrogens (tertiary/aromatic N) is 1. The number of hydrogen-bond acceptors (Lipinski definition) is 3. The molecule has 0 radical (unpaired) electrons. The second-order valence-electron chi connectivity index (χ2n) is 2.76. The van der Waals surface area contributed by atoms with Crippen LogP contribution in [0.2, 0.25) is 0 Å². The summed E-state index contributed by atoms with van der Waals surface area (Å²) in [6, 6.07) is 5.72. The van der Waals surface area contributed by atoms with Gasteiger partial charge >= 0.3 is 0 Å². The van der Waals surface area contributed by atoms with Crippen molar-refractivity contribution in [1.82, 2.24) is 0 Å². The van der Waals surface area contributed by atoms with E-state index in [1.807, 2.05) is 0 Å². The molecule has 0 aliphatic rings. The molecule has 0 bridgehead atoms. The Bertz CT molecular complexity index is 436. The Hall–Kier alpha value is -1.36. The largest absolute Gasteiger partial charge is 0.270 e. The van der Waals surface area contributed by atoms with Crippen molar-refractivity contribution < 1.29 is 9.13 Å². The molecule has 0 saturated heterocycles. The first kappa shape index (κ1) is 9.73. The van der Waals surface area contributed by atoms with Crippen molar-refractivity contribution in [1.29, 1.82) is 0 Å². The van der Waals surface area contributed by atoms with Gasteiger partial charge in [0.05, 0.1) is 4.92 Å². The van der Waals surface area contributed by atoms with E-state index < -0.39 is 14.4 Å². The molecule has 1 aromatic carbocycles. The smallest absolute Gasteiger partial charge is 0.263 e. The average Bonchev–Trinajstić information content (AvgIpc) is 2.03. The van der Waals surface area contributed by atoms with Gasteiger partial charge in [-0.2, -0.15) is 0 Å². The first-order valence-electron chi connectivity index (χ1n) is 3.48. The summed E-state index contributed by atoms with van der Waals surface area (Å²) in [6.45, 7) is 0. The van der Waals surface area contributed by atoms with Crippen LogP contribution in [-0.4, -0.2) is 21.3 Å². The molecule has 4 nitrogen and oxygen atoms in total. The van der Waals surface area contributed by atoms with E-state index in [-0.39, 0.29) is 5.69 Å². The van der Waals surface area contributed by atoms with Crippen molar-refractivity contribution in [2.75, 3.05) is 6.26 Å². The Kier molecular flexibility index (Phi) is 2.38. The highest BCUT2D eigenvalue weighted by Crippen LogP contribution is 2.16. The molecule has 0 aliphatic carbocycles. The van der Waals surface area contributed by atoms with Gasteiger partial charge in [0.1, 0.15) is 0 Å². The Morgan fingerprint density at radius 3 is 2.62 bits per heavy atom. The molecular weight excluding hydrogens is 190 g/mol. The summed E-state index contributed by atoms with van der Waals surface area (Å²) in [5.41, 5.74) is -0.0595. The van der Waals surface area contributed by atoms with Gasteiger partial charge in [-0.1, -0.05) is 6.07 Å². The zero-order valence-corrected chi connectivity index (χ0v) is 7.91. The number of nitro benzene ring substituents is 1. The lowest BCUT2D eigenvalue weighted by Crippen LogP contribution is -1.97. The van der Waals surface area contributed by atoms with Crippen molar-refractivity contribution in [2.24, 2.45) is 0 Å². The molecule has 13 heavy (non-hydrogen) atoms. The highest BCUT2D eigenvalue weighted by atomic mass is 32.2. The Labute approximate surface area is 76.4 Å². The number of nitro groups is 1. The van der Waals surface area contributed by atoms with E-state index in [9.17, 15) is 14.3 Å². The molecule has 1 atom stereocenters. The van der Waals surface area contributed by atoms with Gasteiger partial charge in [-0.3, -0.25) is 14.3 Å². The fraction of sp³-hybridized carbons (Fsp3) is 0.125. The van der Waals surface area contributed by atoms with Crippen LogP contribution in [0.3, 0.4) is 0 Å².